The van der Waals surface area contributed by atoms with E-state index < -0.39 is 6.10 Å². The molecule has 6 atom stereocenters. The van der Waals surface area contributed by atoms with E-state index in [0.717, 1.165) is 57.1 Å². The van der Waals surface area contributed by atoms with Gasteiger partial charge in [-0.05, 0) is 68.1 Å². The summed E-state index contributed by atoms with van der Waals surface area (Å²) in [7, 11) is 1.72. The first kappa shape index (κ1) is 25.2. The fraction of sp³-hybridized carbons (Fsp3) is 0.704. The monoisotopic (exact) mass is 446 g/mol. The average molecular weight is 447 g/mol. The Morgan fingerprint density at radius 1 is 1.25 bits per heavy atom. The molecule has 1 saturated heterocycles. The van der Waals surface area contributed by atoms with Gasteiger partial charge in [-0.2, -0.15) is 0 Å². The Bertz CT molecular complexity index is 684. The maximum Gasteiger partial charge on any atom is 0.158 e. The van der Waals surface area contributed by atoms with Crippen LogP contribution in [0.2, 0.25) is 0 Å². The van der Waals surface area contributed by atoms with Crippen molar-refractivity contribution in [1.82, 2.24) is 0 Å². The van der Waals surface area contributed by atoms with Gasteiger partial charge in [0.25, 0.3) is 0 Å². The van der Waals surface area contributed by atoms with Crippen molar-refractivity contribution in [3.63, 3.8) is 0 Å². The molecule has 2 aliphatic rings. The van der Waals surface area contributed by atoms with Gasteiger partial charge in [-0.3, -0.25) is 0 Å². The maximum atomic E-state index is 10.9. The highest BCUT2D eigenvalue weighted by atomic mass is 16.7. The number of phenolic OH excluding ortho intramolecular Hbond substituents is 1. The highest BCUT2D eigenvalue weighted by Crippen LogP contribution is 2.41. The van der Waals surface area contributed by atoms with Crippen LogP contribution in [-0.4, -0.2) is 49.0 Å². The van der Waals surface area contributed by atoms with Gasteiger partial charge >= 0.3 is 0 Å². The van der Waals surface area contributed by atoms with Gasteiger partial charge in [-0.15, -0.1) is 0 Å². The number of rotatable bonds is 12. The van der Waals surface area contributed by atoms with E-state index in [-0.39, 0.29) is 35.9 Å². The zero-order chi connectivity index (χ0) is 22.8. The third-order valence-electron chi connectivity index (χ3n) is 6.96. The number of hydrogen-bond donors (Lipinski definition) is 2. The van der Waals surface area contributed by atoms with Crippen molar-refractivity contribution < 1.29 is 24.4 Å². The second kappa shape index (κ2) is 13.3. The molecule has 0 amide bonds. The van der Waals surface area contributed by atoms with E-state index in [4.69, 9.17) is 14.2 Å². The van der Waals surface area contributed by atoms with Crippen LogP contribution in [0, 0.1) is 17.8 Å². The average Bonchev–Trinajstić information content (AvgIpc) is 3.07. The molecule has 3 rings (SSSR count). The Morgan fingerprint density at radius 3 is 2.84 bits per heavy atom. The molecular formula is C27H42O5. The van der Waals surface area contributed by atoms with Crippen LogP contribution in [0.1, 0.15) is 63.9 Å². The van der Waals surface area contributed by atoms with Crippen molar-refractivity contribution >= 4 is 0 Å². The molecule has 2 N–H and O–H groups in total. The van der Waals surface area contributed by atoms with Gasteiger partial charge in [-0.1, -0.05) is 50.5 Å². The SMILES string of the molecule is CCCCC[C@@H](/C=C/[C@@H]1C(Cc2cccc(O)c2)[C@@H](COC)C[C@H]1O)OC1CCCCO1. The highest BCUT2D eigenvalue weighted by Gasteiger charge is 2.41. The predicted octanol–water partition coefficient (Wildman–Crippen LogP) is 5.24. The summed E-state index contributed by atoms with van der Waals surface area (Å²) in [5.74, 6) is 0.869. The van der Waals surface area contributed by atoms with Crippen LogP contribution < -0.4 is 0 Å². The third-order valence-corrected chi connectivity index (χ3v) is 6.96. The van der Waals surface area contributed by atoms with Gasteiger partial charge in [0.2, 0.25) is 0 Å². The number of aliphatic hydroxyl groups excluding tert-OH is 1. The fourth-order valence-corrected chi connectivity index (χ4v) is 5.25. The van der Waals surface area contributed by atoms with Crippen molar-refractivity contribution in [3.05, 3.63) is 42.0 Å². The van der Waals surface area contributed by atoms with Gasteiger partial charge in [0, 0.05) is 26.2 Å². The van der Waals surface area contributed by atoms with E-state index in [2.05, 4.69) is 19.1 Å². The van der Waals surface area contributed by atoms with E-state index in [1.807, 2.05) is 18.2 Å². The number of hydrogen-bond acceptors (Lipinski definition) is 5. The summed E-state index contributed by atoms with van der Waals surface area (Å²) in [6.45, 7) is 3.63. The molecule has 0 radical (unpaired) electrons. The lowest BCUT2D eigenvalue weighted by Gasteiger charge is -2.27. The molecule has 1 heterocycles. The maximum absolute atomic E-state index is 10.9. The molecule has 2 fully saturated rings. The summed E-state index contributed by atoms with van der Waals surface area (Å²) in [6.07, 6.45) is 13.1. The van der Waals surface area contributed by atoms with E-state index in [1.165, 1.54) is 12.8 Å². The van der Waals surface area contributed by atoms with Crippen LogP contribution in [-0.2, 0) is 20.6 Å². The second-order valence-electron chi connectivity index (χ2n) is 9.49. The van der Waals surface area contributed by atoms with Crippen molar-refractivity contribution in [3.8, 4) is 5.75 Å². The number of ether oxygens (including phenoxy) is 3. The van der Waals surface area contributed by atoms with Crippen molar-refractivity contribution in [1.29, 1.82) is 0 Å². The van der Waals surface area contributed by atoms with E-state index >= 15 is 0 Å². The largest absolute Gasteiger partial charge is 0.508 e. The molecule has 0 spiro atoms. The van der Waals surface area contributed by atoms with Gasteiger partial charge in [-0.25, -0.2) is 0 Å². The Labute approximate surface area is 193 Å². The molecule has 2 unspecified atom stereocenters. The van der Waals surface area contributed by atoms with Gasteiger partial charge in [0.15, 0.2) is 6.29 Å². The molecule has 1 aliphatic carbocycles. The molecule has 5 heteroatoms. The normalized spacial score (nSPS) is 29.5. The second-order valence-corrected chi connectivity index (χ2v) is 9.49. The lowest BCUT2D eigenvalue weighted by molar-refractivity contribution is -0.179. The Balaban J connectivity index is 1.71. The predicted molar refractivity (Wildman–Crippen MR) is 127 cm³/mol. The van der Waals surface area contributed by atoms with Crippen LogP contribution in [0.5, 0.6) is 5.75 Å². The number of aliphatic hydroxyl groups is 1. The number of phenols is 1. The molecule has 5 nitrogen and oxygen atoms in total. The topological polar surface area (TPSA) is 68.2 Å². The number of unbranched alkanes of at least 4 members (excludes halogenated alkanes) is 2. The summed E-state index contributed by atoms with van der Waals surface area (Å²) in [4.78, 5) is 0. The quantitative estimate of drug-likeness (QED) is 0.339. The van der Waals surface area contributed by atoms with E-state index in [9.17, 15) is 10.2 Å². The van der Waals surface area contributed by atoms with E-state index in [0.29, 0.717) is 6.61 Å². The van der Waals surface area contributed by atoms with Crippen LogP contribution in [0.25, 0.3) is 0 Å². The summed E-state index contributed by atoms with van der Waals surface area (Å²) in [6, 6.07) is 7.45. The van der Waals surface area contributed by atoms with Gasteiger partial charge in [0.1, 0.15) is 5.75 Å². The molecule has 1 aromatic carbocycles. The first-order valence-corrected chi connectivity index (χ1v) is 12.5. The summed E-state index contributed by atoms with van der Waals surface area (Å²) < 4.78 is 17.6. The molecule has 32 heavy (non-hydrogen) atoms. The van der Waals surface area contributed by atoms with Crippen molar-refractivity contribution in [2.75, 3.05) is 20.3 Å². The minimum absolute atomic E-state index is 0.0137. The van der Waals surface area contributed by atoms with Crippen molar-refractivity contribution in [2.45, 2.75) is 83.2 Å². The summed E-state index contributed by atoms with van der Waals surface area (Å²) in [5.41, 5.74) is 1.09. The smallest absolute Gasteiger partial charge is 0.158 e. The molecule has 0 bridgehead atoms. The minimum Gasteiger partial charge on any atom is -0.508 e. The zero-order valence-corrected chi connectivity index (χ0v) is 19.8. The minimum atomic E-state index is -0.393. The Hall–Kier alpha value is -1.40. The van der Waals surface area contributed by atoms with Gasteiger partial charge in [0.05, 0.1) is 12.2 Å². The highest BCUT2D eigenvalue weighted by molar-refractivity contribution is 5.28. The molecule has 0 aromatic heterocycles. The molecule has 1 aliphatic heterocycles. The first-order valence-electron chi connectivity index (χ1n) is 12.5. The first-order chi connectivity index (χ1) is 15.6. The summed E-state index contributed by atoms with van der Waals surface area (Å²) in [5, 5.41) is 20.8. The fourth-order valence-electron chi connectivity index (χ4n) is 5.25. The van der Waals surface area contributed by atoms with Crippen LogP contribution in [0.4, 0.5) is 0 Å². The standard InChI is InChI=1S/C27H42O5/c1-3-4-5-11-23(32-27-12-6-7-15-31-27)13-14-24-25(21(19-30-2)18-26(24)29)17-20-9-8-10-22(28)16-20/h8-10,13-14,16,21,23-29H,3-7,11-12,15,17-19H2,1-2H3/b14-13+/t21-,23+,24-,25?,26-,27?/m1/s1. The number of aromatic hydroxyl groups is 1. The summed E-state index contributed by atoms with van der Waals surface area (Å²) >= 11 is 0. The molecular weight excluding hydrogens is 404 g/mol. The van der Waals surface area contributed by atoms with E-state index in [1.54, 1.807) is 13.2 Å². The van der Waals surface area contributed by atoms with Gasteiger partial charge < -0.3 is 24.4 Å². The molecule has 1 aromatic rings. The van der Waals surface area contributed by atoms with Crippen LogP contribution >= 0.6 is 0 Å². The van der Waals surface area contributed by atoms with Crippen LogP contribution in [0.15, 0.2) is 36.4 Å². The Kier molecular flexibility index (Phi) is 10.5. The van der Waals surface area contributed by atoms with Crippen molar-refractivity contribution in [2.24, 2.45) is 17.8 Å². The third kappa shape index (κ3) is 7.58. The Morgan fingerprint density at radius 2 is 2.12 bits per heavy atom. The van der Waals surface area contributed by atoms with Crippen LogP contribution in [0.3, 0.4) is 0 Å². The molecule has 180 valence electrons. The zero-order valence-electron chi connectivity index (χ0n) is 19.8. The number of benzene rings is 1. The lowest BCUT2D eigenvalue weighted by atomic mass is 9.83. The molecule has 1 saturated carbocycles. The number of methoxy groups -OCH3 is 1. The lowest BCUT2D eigenvalue weighted by Crippen LogP contribution is -2.28.